The molecule has 9 nitrogen and oxygen atoms in total. The van der Waals surface area contributed by atoms with Gasteiger partial charge in [0, 0.05) is 23.7 Å². The minimum Gasteiger partial charge on any atom is -0.309 e. The van der Waals surface area contributed by atoms with Crippen molar-refractivity contribution in [1.82, 2.24) is 25.4 Å². The zero-order valence-corrected chi connectivity index (χ0v) is 19.5. The maximum atomic E-state index is 12.2. The molecule has 0 saturated heterocycles. The maximum Gasteiger partial charge on any atom is 0.231 e. The third-order valence-electron chi connectivity index (χ3n) is 5.64. The van der Waals surface area contributed by atoms with E-state index >= 15 is 0 Å². The van der Waals surface area contributed by atoms with Crippen LogP contribution in [0.5, 0.6) is 0 Å². The molecule has 0 spiro atoms. The zero-order chi connectivity index (χ0) is 23.2. The van der Waals surface area contributed by atoms with Gasteiger partial charge in [-0.25, -0.2) is 0 Å². The molecule has 2 N–H and O–H groups in total. The van der Waals surface area contributed by atoms with Crippen molar-refractivity contribution in [3.05, 3.63) is 52.9 Å². The third kappa shape index (κ3) is 6.38. The second-order valence-electron chi connectivity index (χ2n) is 8.63. The summed E-state index contributed by atoms with van der Waals surface area (Å²) in [6.07, 6.45) is 5.84. The lowest BCUT2D eigenvalue weighted by molar-refractivity contribution is -0.119. The van der Waals surface area contributed by atoms with Gasteiger partial charge in [-0.1, -0.05) is 31.3 Å². The van der Waals surface area contributed by atoms with Crippen LogP contribution in [0.25, 0.3) is 0 Å². The standard InChI is InChI=1S/C23H27N7O2S/c1-14(2)21(32)26-23-30-29-22(33-23)16-7-6-15(11-16)12-18-8-9-19(28-27-18)25-20(31)13-17-5-3-4-10-24-17/h3-5,8-10,14-16H,6-7,11-13H2,1-2H3,(H,25,28,31)(H,26,30,32)/t15-,16+/m1/s1. The molecule has 2 atom stereocenters. The topological polar surface area (TPSA) is 123 Å². The summed E-state index contributed by atoms with van der Waals surface area (Å²) in [5.41, 5.74) is 1.62. The zero-order valence-electron chi connectivity index (χ0n) is 18.7. The lowest BCUT2D eigenvalue weighted by Crippen LogP contribution is -2.17. The van der Waals surface area contributed by atoms with Crippen LogP contribution in [0.4, 0.5) is 10.9 Å². The van der Waals surface area contributed by atoms with Crippen molar-refractivity contribution in [2.45, 2.75) is 51.9 Å². The fourth-order valence-corrected chi connectivity index (χ4v) is 4.76. The van der Waals surface area contributed by atoms with Crippen LogP contribution in [0.3, 0.4) is 0 Å². The molecular weight excluding hydrogens is 438 g/mol. The van der Waals surface area contributed by atoms with Crippen LogP contribution < -0.4 is 10.6 Å². The van der Waals surface area contributed by atoms with Crippen LogP contribution in [0.1, 0.15) is 55.4 Å². The molecule has 33 heavy (non-hydrogen) atoms. The highest BCUT2D eigenvalue weighted by molar-refractivity contribution is 7.15. The van der Waals surface area contributed by atoms with E-state index in [1.165, 1.54) is 11.3 Å². The molecule has 3 heterocycles. The predicted molar refractivity (Wildman–Crippen MR) is 126 cm³/mol. The van der Waals surface area contributed by atoms with E-state index in [4.69, 9.17) is 0 Å². The summed E-state index contributed by atoms with van der Waals surface area (Å²) in [5.74, 6) is 0.984. The first-order chi connectivity index (χ1) is 16.0. The molecule has 172 valence electrons. The van der Waals surface area contributed by atoms with E-state index in [1.807, 2.05) is 38.1 Å². The molecule has 0 aliphatic heterocycles. The Hall–Kier alpha value is -3.27. The molecule has 10 heteroatoms. The number of rotatable bonds is 8. The molecule has 1 saturated carbocycles. The molecule has 4 rings (SSSR count). The third-order valence-corrected chi connectivity index (χ3v) is 6.64. The minimum atomic E-state index is -0.171. The molecule has 1 fully saturated rings. The van der Waals surface area contributed by atoms with Gasteiger partial charge in [-0.2, -0.15) is 5.10 Å². The molecule has 0 unspecified atom stereocenters. The Morgan fingerprint density at radius 1 is 1.03 bits per heavy atom. The van der Waals surface area contributed by atoms with E-state index in [-0.39, 0.29) is 24.2 Å². The highest BCUT2D eigenvalue weighted by Crippen LogP contribution is 2.41. The van der Waals surface area contributed by atoms with Crippen LogP contribution in [0, 0.1) is 11.8 Å². The lowest BCUT2D eigenvalue weighted by Gasteiger charge is -2.09. The van der Waals surface area contributed by atoms with Crippen molar-refractivity contribution in [1.29, 1.82) is 0 Å². The first-order valence-electron chi connectivity index (χ1n) is 11.1. The van der Waals surface area contributed by atoms with Gasteiger partial charge >= 0.3 is 0 Å². The number of carbonyl (C=O) groups excluding carboxylic acids is 2. The van der Waals surface area contributed by atoms with Crippen LogP contribution in [0.2, 0.25) is 0 Å². The average Bonchev–Trinajstić information content (AvgIpc) is 3.45. The number of hydrogen-bond acceptors (Lipinski definition) is 8. The maximum absolute atomic E-state index is 12.2. The van der Waals surface area contributed by atoms with Crippen LogP contribution in [-0.4, -0.2) is 37.2 Å². The summed E-state index contributed by atoms with van der Waals surface area (Å²) in [4.78, 5) is 28.2. The Morgan fingerprint density at radius 2 is 1.91 bits per heavy atom. The Kier molecular flexibility index (Phi) is 7.33. The van der Waals surface area contributed by atoms with E-state index in [0.29, 0.717) is 28.5 Å². The highest BCUT2D eigenvalue weighted by atomic mass is 32.1. The van der Waals surface area contributed by atoms with Crippen LogP contribution >= 0.6 is 11.3 Å². The van der Waals surface area contributed by atoms with E-state index in [2.05, 4.69) is 36.0 Å². The number of pyridine rings is 1. The number of anilines is 2. The van der Waals surface area contributed by atoms with E-state index in [0.717, 1.165) is 36.4 Å². The number of aromatic nitrogens is 5. The Bertz CT molecular complexity index is 1090. The fraction of sp³-hybridized carbons (Fsp3) is 0.435. The molecule has 1 aliphatic carbocycles. The van der Waals surface area contributed by atoms with Crippen molar-refractivity contribution in [3.8, 4) is 0 Å². The summed E-state index contributed by atoms with van der Waals surface area (Å²) >= 11 is 1.47. The van der Waals surface area contributed by atoms with Gasteiger partial charge in [-0.3, -0.25) is 14.6 Å². The van der Waals surface area contributed by atoms with E-state index in [9.17, 15) is 9.59 Å². The van der Waals surface area contributed by atoms with E-state index < -0.39 is 0 Å². The second kappa shape index (κ2) is 10.6. The van der Waals surface area contributed by atoms with E-state index in [1.54, 1.807) is 12.3 Å². The second-order valence-corrected chi connectivity index (χ2v) is 9.63. The summed E-state index contributed by atoms with van der Waals surface area (Å²) in [6.45, 7) is 3.70. The smallest absolute Gasteiger partial charge is 0.231 e. The van der Waals surface area contributed by atoms with Gasteiger partial charge in [0.1, 0.15) is 5.01 Å². The Morgan fingerprint density at radius 3 is 2.64 bits per heavy atom. The fourth-order valence-electron chi connectivity index (χ4n) is 3.87. The number of amides is 2. The highest BCUT2D eigenvalue weighted by Gasteiger charge is 2.29. The number of carbonyl (C=O) groups is 2. The van der Waals surface area contributed by atoms with Crippen molar-refractivity contribution in [3.63, 3.8) is 0 Å². The van der Waals surface area contributed by atoms with Crippen LogP contribution in [-0.2, 0) is 22.4 Å². The summed E-state index contributed by atoms with van der Waals surface area (Å²) < 4.78 is 0. The largest absolute Gasteiger partial charge is 0.309 e. The van der Waals surface area contributed by atoms with Gasteiger partial charge in [0.2, 0.25) is 16.9 Å². The SMILES string of the molecule is CC(C)C(=O)Nc1nnc([C@H]2CC[C@@H](Cc3ccc(NC(=O)Cc4ccccn4)nn3)C2)s1. The van der Waals surface area contributed by atoms with Gasteiger partial charge in [-0.05, 0) is 55.9 Å². The van der Waals surface area contributed by atoms with Crippen molar-refractivity contribution >= 4 is 34.1 Å². The number of nitrogens with zero attached hydrogens (tertiary/aromatic N) is 5. The van der Waals surface area contributed by atoms with Crippen LogP contribution in [0.15, 0.2) is 36.5 Å². The molecule has 2 amide bonds. The Labute approximate surface area is 196 Å². The van der Waals surface area contributed by atoms with Gasteiger partial charge in [-0.15, -0.1) is 15.3 Å². The quantitative estimate of drug-likeness (QED) is 0.521. The van der Waals surface area contributed by atoms with Crippen molar-refractivity contribution in [2.75, 3.05) is 10.6 Å². The van der Waals surface area contributed by atoms with Gasteiger partial charge in [0.05, 0.1) is 12.1 Å². The number of hydrogen-bond donors (Lipinski definition) is 2. The summed E-state index contributed by atoms with van der Waals surface area (Å²) in [6, 6.07) is 9.19. The van der Waals surface area contributed by atoms with Gasteiger partial charge < -0.3 is 10.6 Å². The monoisotopic (exact) mass is 465 g/mol. The number of nitrogens with one attached hydrogen (secondary N) is 2. The molecule has 3 aromatic heterocycles. The summed E-state index contributed by atoms with van der Waals surface area (Å²) in [5, 5.41) is 24.0. The summed E-state index contributed by atoms with van der Waals surface area (Å²) in [7, 11) is 0. The average molecular weight is 466 g/mol. The first kappa shape index (κ1) is 22.9. The molecule has 0 bridgehead atoms. The lowest BCUT2D eigenvalue weighted by atomic mass is 10.00. The normalized spacial score (nSPS) is 17.8. The van der Waals surface area contributed by atoms with Gasteiger partial charge in [0.15, 0.2) is 5.82 Å². The first-order valence-corrected chi connectivity index (χ1v) is 11.9. The van der Waals surface area contributed by atoms with Crippen molar-refractivity contribution < 1.29 is 9.59 Å². The van der Waals surface area contributed by atoms with Gasteiger partial charge in [0.25, 0.3) is 0 Å². The Balaban J connectivity index is 1.26. The minimum absolute atomic E-state index is 0.0445. The molecule has 1 aliphatic rings. The molecule has 0 aromatic carbocycles. The molecule has 3 aromatic rings. The predicted octanol–water partition coefficient (Wildman–Crippen LogP) is 3.63. The van der Waals surface area contributed by atoms with Crippen molar-refractivity contribution in [2.24, 2.45) is 11.8 Å². The molecule has 0 radical (unpaired) electrons. The molecular formula is C23H27N7O2S.